The van der Waals surface area contributed by atoms with E-state index in [0.29, 0.717) is 38.6 Å². The summed E-state index contributed by atoms with van der Waals surface area (Å²) in [5.41, 5.74) is 3.36. The van der Waals surface area contributed by atoms with Crippen LogP contribution in [-0.4, -0.2) is 50.5 Å². The van der Waals surface area contributed by atoms with Crippen LogP contribution < -0.4 is 4.90 Å². The average molecular weight is 473 g/mol. The average Bonchev–Trinajstić information content (AvgIpc) is 2.70. The van der Waals surface area contributed by atoms with Crippen LogP contribution in [0.2, 0.25) is 25.7 Å². The van der Waals surface area contributed by atoms with E-state index < -0.39 is 13.7 Å². The van der Waals surface area contributed by atoms with Gasteiger partial charge in [-0.25, -0.2) is 4.79 Å². The van der Waals surface area contributed by atoms with E-state index in [9.17, 15) is 9.59 Å². The smallest absolute Gasteiger partial charge is 0.414 e. The Morgan fingerprint density at radius 2 is 1.91 bits per heavy atom. The van der Waals surface area contributed by atoms with Gasteiger partial charge in [0, 0.05) is 33.3 Å². The van der Waals surface area contributed by atoms with E-state index in [4.69, 9.17) is 9.47 Å². The molecule has 2 aliphatic rings. The van der Waals surface area contributed by atoms with Crippen LogP contribution >= 0.6 is 0 Å². The van der Waals surface area contributed by atoms with Crippen LogP contribution in [0, 0.1) is 5.92 Å². The first-order chi connectivity index (χ1) is 15.3. The van der Waals surface area contributed by atoms with Crippen LogP contribution in [0.1, 0.15) is 51.7 Å². The van der Waals surface area contributed by atoms with Gasteiger partial charge in [-0.15, -0.1) is 0 Å². The van der Waals surface area contributed by atoms with Gasteiger partial charge in [-0.2, -0.15) is 0 Å². The molecule has 33 heavy (non-hydrogen) atoms. The molecule has 0 spiro atoms. The largest absolute Gasteiger partial charge is 0.443 e. The molecule has 0 fully saturated rings. The summed E-state index contributed by atoms with van der Waals surface area (Å²) in [5.74, 6) is 0.477. The van der Waals surface area contributed by atoms with Crippen molar-refractivity contribution < 1.29 is 19.1 Å². The highest BCUT2D eigenvalue weighted by Crippen LogP contribution is 2.34. The lowest BCUT2D eigenvalue weighted by atomic mass is 9.94. The lowest BCUT2D eigenvalue weighted by Gasteiger charge is -2.35. The van der Waals surface area contributed by atoms with Crippen LogP contribution in [-0.2, 0) is 20.7 Å². The van der Waals surface area contributed by atoms with E-state index >= 15 is 0 Å². The van der Waals surface area contributed by atoms with Gasteiger partial charge < -0.3 is 9.47 Å². The van der Waals surface area contributed by atoms with E-state index in [2.05, 4.69) is 38.7 Å². The van der Waals surface area contributed by atoms with Crippen molar-refractivity contribution in [2.75, 3.05) is 24.8 Å². The summed E-state index contributed by atoms with van der Waals surface area (Å²) in [6, 6.07) is 7.20. The maximum atomic E-state index is 12.9. The first-order valence-corrected chi connectivity index (χ1v) is 15.8. The third-order valence-electron chi connectivity index (χ3n) is 5.90. The van der Waals surface area contributed by atoms with Gasteiger partial charge in [0.2, 0.25) is 5.91 Å². The van der Waals surface area contributed by atoms with Crippen molar-refractivity contribution in [1.29, 1.82) is 0 Å². The summed E-state index contributed by atoms with van der Waals surface area (Å²) in [6.45, 7) is 16.4. The van der Waals surface area contributed by atoms with Gasteiger partial charge in [0.1, 0.15) is 12.3 Å². The zero-order valence-electron chi connectivity index (χ0n) is 21.4. The Balaban J connectivity index is 1.80. The molecule has 0 saturated heterocycles. The molecular formula is C26H40N2O4Si. The molecule has 0 saturated carbocycles. The minimum absolute atomic E-state index is 0.101. The van der Waals surface area contributed by atoms with E-state index in [1.54, 1.807) is 9.80 Å². The van der Waals surface area contributed by atoms with Crippen LogP contribution in [0.4, 0.5) is 10.5 Å². The Labute approximate surface area is 199 Å². The molecule has 3 rings (SSSR count). The van der Waals surface area contributed by atoms with Crippen molar-refractivity contribution in [1.82, 2.24) is 4.90 Å². The van der Waals surface area contributed by atoms with Crippen molar-refractivity contribution in [3.63, 3.8) is 0 Å². The third-order valence-corrected chi connectivity index (χ3v) is 7.61. The number of carbonyl (C=O) groups excluding carboxylic acids is 2. The fraction of sp³-hybridized carbons (Fsp3) is 0.615. The predicted molar refractivity (Wildman–Crippen MR) is 136 cm³/mol. The van der Waals surface area contributed by atoms with Gasteiger partial charge in [-0.3, -0.25) is 14.6 Å². The molecule has 1 aromatic rings. The molecule has 182 valence electrons. The van der Waals surface area contributed by atoms with Gasteiger partial charge >= 0.3 is 6.09 Å². The molecule has 7 heteroatoms. The van der Waals surface area contributed by atoms with Gasteiger partial charge in [0.25, 0.3) is 0 Å². The van der Waals surface area contributed by atoms with Gasteiger partial charge in [0.05, 0.1) is 5.70 Å². The van der Waals surface area contributed by atoms with Crippen molar-refractivity contribution in [2.45, 2.75) is 78.2 Å². The molecule has 1 atom stereocenters. The zero-order valence-corrected chi connectivity index (χ0v) is 22.4. The van der Waals surface area contributed by atoms with E-state index in [0.717, 1.165) is 35.0 Å². The molecule has 2 amide bonds. The zero-order chi connectivity index (χ0) is 24.4. The minimum Gasteiger partial charge on any atom is -0.443 e. The fourth-order valence-corrected chi connectivity index (χ4v) is 4.82. The second kappa shape index (κ2) is 10.0. The molecule has 1 aromatic carbocycles. The number of allylic oxidation sites excluding steroid dienone is 1. The van der Waals surface area contributed by atoms with Crippen LogP contribution in [0.3, 0.4) is 0 Å². The lowest BCUT2D eigenvalue weighted by molar-refractivity contribution is -0.120. The number of anilines is 1. The molecular weight excluding hydrogens is 432 g/mol. The van der Waals surface area contributed by atoms with Crippen LogP contribution in [0.5, 0.6) is 0 Å². The molecule has 2 heterocycles. The first-order valence-electron chi connectivity index (χ1n) is 12.1. The van der Waals surface area contributed by atoms with Crippen LogP contribution in [0.15, 0.2) is 24.3 Å². The lowest BCUT2D eigenvalue weighted by Crippen LogP contribution is -2.40. The maximum absolute atomic E-state index is 12.9. The summed E-state index contributed by atoms with van der Waals surface area (Å²) in [4.78, 5) is 29.1. The van der Waals surface area contributed by atoms with Crippen molar-refractivity contribution >= 4 is 31.5 Å². The number of fused-ring (bicyclic) bond motifs is 1. The molecule has 1 unspecified atom stereocenters. The monoisotopic (exact) mass is 472 g/mol. The molecule has 2 aliphatic heterocycles. The number of amides is 2. The number of hydrogen-bond acceptors (Lipinski definition) is 4. The minimum atomic E-state index is -1.17. The standard InChI is InChI=1S/C26H40N2O4Si/c1-19-8-11-22(27(17-19)25(30)32-26(2,3)4)20-9-12-23-21(16-20)10-13-24(29)28(23)18-31-14-15-33(5,6)7/h9,11-12,16,19H,8,10,13-15,17-18H2,1-7H3. The summed E-state index contributed by atoms with van der Waals surface area (Å²) in [7, 11) is -1.17. The maximum Gasteiger partial charge on any atom is 0.414 e. The molecule has 6 nitrogen and oxygen atoms in total. The highest BCUT2D eigenvalue weighted by molar-refractivity contribution is 6.76. The second-order valence-electron chi connectivity index (χ2n) is 11.5. The summed E-state index contributed by atoms with van der Waals surface area (Å²) < 4.78 is 11.6. The summed E-state index contributed by atoms with van der Waals surface area (Å²) >= 11 is 0. The second-order valence-corrected chi connectivity index (χ2v) is 17.2. The summed E-state index contributed by atoms with van der Waals surface area (Å²) in [6.07, 6.45) is 3.90. The topological polar surface area (TPSA) is 59.1 Å². The van der Waals surface area contributed by atoms with Crippen molar-refractivity contribution in [3.05, 3.63) is 35.4 Å². The van der Waals surface area contributed by atoms with Gasteiger partial charge in [-0.05, 0) is 68.8 Å². The number of benzene rings is 1. The number of carbonyl (C=O) groups is 2. The van der Waals surface area contributed by atoms with Crippen molar-refractivity contribution in [3.8, 4) is 0 Å². The first kappa shape index (κ1) is 25.5. The van der Waals surface area contributed by atoms with Crippen molar-refractivity contribution in [2.24, 2.45) is 5.92 Å². The SMILES string of the molecule is CC1CC=C(c2ccc3c(c2)CCC(=O)N3COCC[Si](C)(C)C)N(C(=O)OC(C)(C)C)C1. The highest BCUT2D eigenvalue weighted by Gasteiger charge is 2.31. The third kappa shape index (κ3) is 6.93. The normalized spacial score (nSPS) is 19.3. The Hall–Kier alpha value is -2.12. The molecule has 0 bridgehead atoms. The fourth-order valence-electron chi connectivity index (χ4n) is 4.07. The number of hydrogen-bond donors (Lipinski definition) is 0. The number of rotatable bonds is 6. The quantitative estimate of drug-likeness (QED) is 0.382. The number of aryl methyl sites for hydroxylation is 1. The van der Waals surface area contributed by atoms with E-state index in [-0.39, 0.29) is 12.0 Å². The number of nitrogens with zero attached hydrogens (tertiary/aromatic N) is 2. The Bertz CT molecular complexity index is 914. The predicted octanol–water partition coefficient (Wildman–Crippen LogP) is 5.90. The molecule has 0 N–H and O–H groups in total. The number of ether oxygens (including phenoxy) is 2. The van der Waals surface area contributed by atoms with Gasteiger partial charge in [0.15, 0.2) is 0 Å². The molecule has 0 radical (unpaired) electrons. The summed E-state index contributed by atoms with van der Waals surface area (Å²) in [5, 5.41) is 0. The van der Waals surface area contributed by atoms with E-state index in [1.807, 2.05) is 32.9 Å². The molecule has 0 aliphatic carbocycles. The molecule has 0 aromatic heterocycles. The van der Waals surface area contributed by atoms with Crippen LogP contribution in [0.25, 0.3) is 5.70 Å². The Morgan fingerprint density at radius 3 is 2.58 bits per heavy atom. The van der Waals surface area contributed by atoms with E-state index in [1.165, 1.54) is 0 Å². The van der Waals surface area contributed by atoms with Gasteiger partial charge in [-0.1, -0.05) is 38.7 Å². The Morgan fingerprint density at radius 1 is 1.18 bits per heavy atom. The Kier molecular flexibility index (Phi) is 7.74. The highest BCUT2D eigenvalue weighted by atomic mass is 28.3.